The highest BCUT2D eigenvalue weighted by molar-refractivity contribution is 5.85. The highest BCUT2D eigenvalue weighted by Gasteiger charge is 2.47. The summed E-state index contributed by atoms with van der Waals surface area (Å²) in [5.41, 5.74) is 11.4. The van der Waals surface area contributed by atoms with E-state index in [1.165, 1.54) is 0 Å². The molecule has 0 spiro atoms. The fourth-order valence-electron chi connectivity index (χ4n) is 1.90. The van der Waals surface area contributed by atoms with Crippen molar-refractivity contribution in [1.29, 1.82) is 0 Å². The van der Waals surface area contributed by atoms with Crippen molar-refractivity contribution in [1.82, 2.24) is 0 Å². The molecule has 1 aliphatic rings. The van der Waals surface area contributed by atoms with Gasteiger partial charge in [-0.3, -0.25) is 4.79 Å². The summed E-state index contributed by atoms with van der Waals surface area (Å²) in [5.74, 6) is 0.446. The van der Waals surface area contributed by atoms with Crippen LogP contribution in [0.3, 0.4) is 0 Å². The van der Waals surface area contributed by atoms with Crippen LogP contribution in [0.15, 0.2) is 24.3 Å². The maximum Gasteiger partial charge on any atom is 0.241 e. The molecular weight excluding hydrogens is 216 g/mol. The quantitative estimate of drug-likeness (QED) is 0.796. The summed E-state index contributed by atoms with van der Waals surface area (Å²) >= 11 is 0. The maximum atomic E-state index is 11.4. The molecule has 4 heteroatoms. The lowest BCUT2D eigenvalue weighted by atomic mass is 9.95. The van der Waals surface area contributed by atoms with Crippen LogP contribution in [0.2, 0.25) is 0 Å². The molecule has 1 saturated carbocycles. The lowest BCUT2D eigenvalue weighted by Gasteiger charge is -2.26. The summed E-state index contributed by atoms with van der Waals surface area (Å²) in [5, 5.41) is 0. The molecule has 0 aromatic heterocycles. The van der Waals surface area contributed by atoms with Crippen LogP contribution in [0.4, 0.5) is 0 Å². The van der Waals surface area contributed by atoms with E-state index in [4.69, 9.17) is 16.2 Å². The predicted octanol–water partition coefficient (Wildman–Crippen LogP) is 0.967. The standard InChI is InChI=1S/C13H18N2O2/c1-9-4-2-3-5-11(9)17-8-13(15,12(14)16)10-6-7-10/h2-5,10H,6-8,15H2,1H3,(H2,14,16). The minimum Gasteiger partial charge on any atom is -0.491 e. The van der Waals surface area contributed by atoms with Gasteiger partial charge in [-0.1, -0.05) is 18.2 Å². The Morgan fingerprint density at radius 3 is 2.65 bits per heavy atom. The van der Waals surface area contributed by atoms with Crippen molar-refractivity contribution in [2.75, 3.05) is 6.61 Å². The topological polar surface area (TPSA) is 78.3 Å². The first-order valence-electron chi connectivity index (χ1n) is 5.81. The molecule has 4 N–H and O–H groups in total. The van der Waals surface area contributed by atoms with Crippen molar-refractivity contribution in [2.45, 2.75) is 25.3 Å². The second-order valence-electron chi connectivity index (χ2n) is 4.73. The number of aryl methyl sites for hydroxylation is 1. The molecule has 0 bridgehead atoms. The monoisotopic (exact) mass is 234 g/mol. The smallest absolute Gasteiger partial charge is 0.241 e. The Kier molecular flexibility index (Phi) is 3.07. The second-order valence-corrected chi connectivity index (χ2v) is 4.73. The van der Waals surface area contributed by atoms with Gasteiger partial charge in [0.25, 0.3) is 0 Å². The Labute approximate surface area is 101 Å². The maximum absolute atomic E-state index is 11.4. The number of hydrogen-bond acceptors (Lipinski definition) is 3. The Balaban J connectivity index is 2.06. The minimum atomic E-state index is -1.03. The summed E-state index contributed by atoms with van der Waals surface area (Å²) in [6.45, 7) is 2.10. The summed E-state index contributed by atoms with van der Waals surface area (Å²) in [6, 6.07) is 7.65. The third-order valence-corrected chi connectivity index (χ3v) is 3.32. The van der Waals surface area contributed by atoms with Crippen LogP contribution in [0.5, 0.6) is 5.75 Å². The molecule has 0 heterocycles. The highest BCUT2D eigenvalue weighted by Crippen LogP contribution is 2.38. The number of nitrogens with two attached hydrogens (primary N) is 2. The molecule has 1 aromatic rings. The van der Waals surface area contributed by atoms with Gasteiger partial charge in [-0.25, -0.2) is 0 Å². The van der Waals surface area contributed by atoms with Crippen LogP contribution in [0, 0.1) is 12.8 Å². The SMILES string of the molecule is Cc1ccccc1OCC(N)(C(N)=O)C1CC1. The minimum absolute atomic E-state index is 0.151. The molecule has 1 fully saturated rings. The van der Waals surface area contributed by atoms with E-state index in [2.05, 4.69) is 0 Å². The van der Waals surface area contributed by atoms with E-state index in [0.717, 1.165) is 24.2 Å². The van der Waals surface area contributed by atoms with Crippen LogP contribution >= 0.6 is 0 Å². The van der Waals surface area contributed by atoms with Crippen LogP contribution in [0.1, 0.15) is 18.4 Å². The summed E-state index contributed by atoms with van der Waals surface area (Å²) in [6.07, 6.45) is 1.91. The highest BCUT2D eigenvalue weighted by atomic mass is 16.5. The van der Waals surface area contributed by atoms with Crippen molar-refractivity contribution in [3.05, 3.63) is 29.8 Å². The molecule has 4 nitrogen and oxygen atoms in total. The summed E-state index contributed by atoms with van der Waals surface area (Å²) < 4.78 is 5.64. The zero-order chi connectivity index (χ0) is 12.5. The molecule has 92 valence electrons. The Morgan fingerprint density at radius 1 is 1.47 bits per heavy atom. The summed E-state index contributed by atoms with van der Waals surface area (Å²) in [7, 11) is 0. The lowest BCUT2D eigenvalue weighted by Crippen LogP contribution is -2.58. The predicted molar refractivity (Wildman–Crippen MR) is 65.5 cm³/mol. The van der Waals surface area contributed by atoms with Crippen molar-refractivity contribution >= 4 is 5.91 Å². The first-order valence-corrected chi connectivity index (χ1v) is 5.81. The summed E-state index contributed by atoms with van der Waals surface area (Å²) in [4.78, 5) is 11.4. The van der Waals surface area contributed by atoms with Gasteiger partial charge in [0.15, 0.2) is 0 Å². The third kappa shape index (κ3) is 2.42. The van der Waals surface area contributed by atoms with Crippen LogP contribution in [-0.4, -0.2) is 18.1 Å². The third-order valence-electron chi connectivity index (χ3n) is 3.32. The number of ether oxygens (including phenoxy) is 1. The average Bonchev–Trinajstić information content (AvgIpc) is 3.11. The molecule has 1 aliphatic carbocycles. The molecule has 1 atom stereocenters. The number of carbonyl (C=O) groups is 1. The van der Waals surface area contributed by atoms with Gasteiger partial charge in [0, 0.05) is 0 Å². The Morgan fingerprint density at radius 2 is 2.12 bits per heavy atom. The van der Waals surface area contributed by atoms with Gasteiger partial charge in [-0.15, -0.1) is 0 Å². The van der Waals surface area contributed by atoms with Gasteiger partial charge in [0.05, 0.1) is 0 Å². The number of carbonyl (C=O) groups excluding carboxylic acids is 1. The first kappa shape index (κ1) is 11.9. The van der Waals surface area contributed by atoms with Gasteiger partial charge in [-0.2, -0.15) is 0 Å². The normalized spacial score (nSPS) is 18.5. The fourth-order valence-corrected chi connectivity index (χ4v) is 1.90. The number of benzene rings is 1. The fraction of sp³-hybridized carbons (Fsp3) is 0.462. The van der Waals surface area contributed by atoms with E-state index in [9.17, 15) is 4.79 Å². The van der Waals surface area contributed by atoms with Gasteiger partial charge in [0.2, 0.25) is 5.91 Å². The molecule has 1 aromatic carbocycles. The van der Waals surface area contributed by atoms with Crippen LogP contribution < -0.4 is 16.2 Å². The zero-order valence-electron chi connectivity index (χ0n) is 9.98. The van der Waals surface area contributed by atoms with Crippen LogP contribution in [-0.2, 0) is 4.79 Å². The molecule has 17 heavy (non-hydrogen) atoms. The number of para-hydroxylation sites is 1. The molecule has 0 aliphatic heterocycles. The van der Waals surface area contributed by atoms with E-state index in [0.29, 0.717) is 0 Å². The Bertz CT molecular complexity index is 429. The van der Waals surface area contributed by atoms with Gasteiger partial charge >= 0.3 is 0 Å². The molecular formula is C13H18N2O2. The lowest BCUT2D eigenvalue weighted by molar-refractivity contribution is -0.125. The second kappa shape index (κ2) is 4.37. The van der Waals surface area contributed by atoms with Crippen LogP contribution in [0.25, 0.3) is 0 Å². The van der Waals surface area contributed by atoms with Gasteiger partial charge in [0.1, 0.15) is 17.9 Å². The van der Waals surface area contributed by atoms with Gasteiger partial charge in [-0.05, 0) is 37.3 Å². The van der Waals surface area contributed by atoms with Crippen molar-refractivity contribution in [2.24, 2.45) is 17.4 Å². The van der Waals surface area contributed by atoms with E-state index in [1.54, 1.807) is 0 Å². The molecule has 1 amide bonds. The number of hydrogen-bond donors (Lipinski definition) is 2. The molecule has 2 rings (SSSR count). The Hall–Kier alpha value is -1.55. The largest absolute Gasteiger partial charge is 0.491 e. The van der Waals surface area contributed by atoms with Crippen molar-refractivity contribution < 1.29 is 9.53 Å². The van der Waals surface area contributed by atoms with E-state index >= 15 is 0 Å². The molecule has 1 unspecified atom stereocenters. The number of primary amides is 1. The van der Waals surface area contributed by atoms with E-state index < -0.39 is 11.4 Å². The zero-order valence-corrected chi connectivity index (χ0v) is 9.98. The van der Waals surface area contributed by atoms with E-state index in [-0.39, 0.29) is 12.5 Å². The molecule has 0 radical (unpaired) electrons. The molecule has 0 saturated heterocycles. The van der Waals surface area contributed by atoms with E-state index in [1.807, 2.05) is 31.2 Å². The average molecular weight is 234 g/mol. The van der Waals surface area contributed by atoms with Crippen molar-refractivity contribution in [3.8, 4) is 5.75 Å². The number of amides is 1. The number of rotatable bonds is 5. The van der Waals surface area contributed by atoms with Crippen molar-refractivity contribution in [3.63, 3.8) is 0 Å². The first-order chi connectivity index (χ1) is 8.04. The van der Waals surface area contributed by atoms with Gasteiger partial charge < -0.3 is 16.2 Å².